The molecule has 52 heavy (non-hydrogen) atoms. The first-order chi connectivity index (χ1) is 25.3. The van der Waals surface area contributed by atoms with E-state index in [4.69, 9.17) is 9.47 Å². The summed E-state index contributed by atoms with van der Waals surface area (Å²) >= 11 is 0. The lowest BCUT2D eigenvalue weighted by Crippen LogP contribution is -2.54. The molecule has 1 atom stereocenters. The highest BCUT2D eigenvalue weighted by Gasteiger charge is 2.35. The Morgan fingerprint density at radius 3 is 1.96 bits per heavy atom. The number of nitrogens with one attached hydrogen (secondary N) is 1. The Labute approximate surface area is 305 Å². The fourth-order valence-electron chi connectivity index (χ4n) is 6.44. The summed E-state index contributed by atoms with van der Waals surface area (Å²) in [4.78, 5) is 30.6. The van der Waals surface area contributed by atoms with E-state index in [9.17, 15) is 18.0 Å². The smallest absolute Gasteiger partial charge is 0.264 e. The molecule has 2 amide bonds. The van der Waals surface area contributed by atoms with Gasteiger partial charge in [-0.2, -0.15) is 0 Å². The average Bonchev–Trinajstić information content (AvgIpc) is 3.70. The lowest BCUT2D eigenvalue weighted by Gasteiger charge is -2.34. The van der Waals surface area contributed by atoms with E-state index < -0.39 is 28.5 Å². The van der Waals surface area contributed by atoms with Crippen LogP contribution in [-0.4, -0.2) is 50.9 Å². The van der Waals surface area contributed by atoms with Crippen molar-refractivity contribution in [3.05, 3.63) is 151 Å². The fourth-order valence-corrected chi connectivity index (χ4v) is 7.88. The van der Waals surface area contributed by atoms with Gasteiger partial charge >= 0.3 is 0 Å². The van der Waals surface area contributed by atoms with Crippen molar-refractivity contribution in [3.8, 4) is 17.2 Å². The Bertz CT molecular complexity index is 2020. The molecule has 268 valence electrons. The first kappa shape index (κ1) is 36.2. The molecule has 5 aromatic carbocycles. The summed E-state index contributed by atoms with van der Waals surface area (Å²) in [6.07, 6.45) is 4.05. The summed E-state index contributed by atoms with van der Waals surface area (Å²) in [5.41, 5.74) is 1.88. The third kappa shape index (κ3) is 9.18. The molecule has 0 aliphatic heterocycles. The number of carbonyl (C=O) groups excluding carboxylic acids is 2. The van der Waals surface area contributed by atoms with Gasteiger partial charge in [-0.25, -0.2) is 8.42 Å². The van der Waals surface area contributed by atoms with Crippen LogP contribution in [-0.2, 0) is 32.6 Å². The van der Waals surface area contributed by atoms with Gasteiger partial charge < -0.3 is 19.7 Å². The molecule has 10 heteroatoms. The summed E-state index contributed by atoms with van der Waals surface area (Å²) < 4.78 is 41.3. The van der Waals surface area contributed by atoms with Crippen LogP contribution in [0.15, 0.2) is 144 Å². The van der Waals surface area contributed by atoms with Crippen LogP contribution in [0.4, 0.5) is 5.69 Å². The molecule has 1 N–H and O–H groups in total. The van der Waals surface area contributed by atoms with Crippen molar-refractivity contribution >= 4 is 27.5 Å². The summed E-state index contributed by atoms with van der Waals surface area (Å²) in [5.74, 6) is 0.935. The number of hydrogen-bond acceptors (Lipinski definition) is 6. The van der Waals surface area contributed by atoms with Gasteiger partial charge in [-0.05, 0) is 84.6 Å². The zero-order valence-electron chi connectivity index (χ0n) is 29.1. The lowest BCUT2D eigenvalue weighted by molar-refractivity contribution is -0.140. The van der Waals surface area contributed by atoms with E-state index >= 15 is 0 Å². The Morgan fingerprint density at radius 1 is 0.731 bits per heavy atom. The number of carbonyl (C=O) groups is 2. The highest BCUT2D eigenvalue weighted by atomic mass is 32.2. The number of para-hydroxylation sites is 1. The molecule has 1 unspecified atom stereocenters. The largest absolute Gasteiger partial charge is 0.497 e. The summed E-state index contributed by atoms with van der Waals surface area (Å²) in [6.45, 7) is -0.503. The third-order valence-electron chi connectivity index (χ3n) is 9.17. The molecule has 0 bridgehead atoms. The lowest BCUT2D eigenvalue weighted by atomic mass is 10.0. The maximum atomic E-state index is 14.8. The number of hydrogen-bond donors (Lipinski definition) is 1. The number of nitrogens with zero attached hydrogens (tertiary/aromatic N) is 2. The predicted octanol–water partition coefficient (Wildman–Crippen LogP) is 7.38. The normalized spacial score (nSPS) is 13.6. The second-order valence-corrected chi connectivity index (χ2v) is 14.7. The zero-order valence-corrected chi connectivity index (χ0v) is 30.0. The minimum Gasteiger partial charge on any atom is -0.497 e. The van der Waals surface area contributed by atoms with Crippen LogP contribution in [0.1, 0.15) is 36.8 Å². The molecule has 0 aromatic heterocycles. The maximum absolute atomic E-state index is 14.8. The van der Waals surface area contributed by atoms with Gasteiger partial charge in [-0.15, -0.1) is 0 Å². The number of sulfonamides is 1. The molecule has 1 fully saturated rings. The molecule has 5 aromatic rings. The van der Waals surface area contributed by atoms with E-state index in [2.05, 4.69) is 5.32 Å². The number of methoxy groups -OCH3 is 1. The second kappa shape index (κ2) is 17.1. The summed E-state index contributed by atoms with van der Waals surface area (Å²) in [7, 11) is -2.67. The van der Waals surface area contributed by atoms with Gasteiger partial charge in [0.1, 0.15) is 29.8 Å². The number of benzene rings is 5. The van der Waals surface area contributed by atoms with Crippen molar-refractivity contribution < 1.29 is 27.5 Å². The van der Waals surface area contributed by atoms with E-state index in [-0.39, 0.29) is 35.5 Å². The second-order valence-electron chi connectivity index (χ2n) is 12.8. The van der Waals surface area contributed by atoms with Crippen molar-refractivity contribution in [2.24, 2.45) is 0 Å². The van der Waals surface area contributed by atoms with Gasteiger partial charge in [-0.1, -0.05) is 91.7 Å². The van der Waals surface area contributed by atoms with Crippen molar-refractivity contribution in [1.29, 1.82) is 0 Å². The van der Waals surface area contributed by atoms with Crippen LogP contribution in [0.3, 0.4) is 0 Å². The predicted molar refractivity (Wildman–Crippen MR) is 202 cm³/mol. The average molecular weight is 718 g/mol. The molecule has 9 nitrogen and oxygen atoms in total. The van der Waals surface area contributed by atoms with E-state index in [0.29, 0.717) is 17.2 Å². The molecule has 1 saturated carbocycles. The van der Waals surface area contributed by atoms with Gasteiger partial charge in [0, 0.05) is 19.0 Å². The minimum atomic E-state index is -4.24. The quantitative estimate of drug-likeness (QED) is 0.121. The van der Waals surface area contributed by atoms with Crippen LogP contribution >= 0.6 is 0 Å². The Balaban J connectivity index is 1.38. The van der Waals surface area contributed by atoms with E-state index in [1.54, 1.807) is 49.6 Å². The number of rotatable bonds is 15. The Hall–Kier alpha value is -5.61. The van der Waals surface area contributed by atoms with Gasteiger partial charge in [0.05, 0.1) is 17.7 Å². The Morgan fingerprint density at radius 2 is 1.31 bits per heavy atom. The number of amides is 2. The molecule has 0 heterocycles. The van der Waals surface area contributed by atoms with Crippen molar-refractivity contribution in [1.82, 2.24) is 10.2 Å². The molecule has 6 rings (SSSR count). The highest BCUT2D eigenvalue weighted by molar-refractivity contribution is 7.92. The van der Waals surface area contributed by atoms with Crippen LogP contribution in [0.2, 0.25) is 0 Å². The molecule has 0 spiro atoms. The van der Waals surface area contributed by atoms with Gasteiger partial charge in [0.2, 0.25) is 11.8 Å². The summed E-state index contributed by atoms with van der Waals surface area (Å²) in [6, 6.07) is 39.8. The third-order valence-corrected chi connectivity index (χ3v) is 11.0. The van der Waals surface area contributed by atoms with Crippen molar-refractivity contribution in [3.63, 3.8) is 0 Å². The van der Waals surface area contributed by atoms with Crippen LogP contribution < -0.4 is 19.1 Å². The van der Waals surface area contributed by atoms with Crippen molar-refractivity contribution in [2.75, 3.05) is 18.0 Å². The SMILES string of the molecule is COc1cccc(CN(C(=O)CN(c2ccc(Oc3ccccc3)cc2)S(=O)(=O)c2ccccc2)C(Cc2ccccc2)C(=O)NC2CCCC2)c1. The fraction of sp³-hybridized carbons (Fsp3) is 0.238. The number of anilines is 1. The maximum Gasteiger partial charge on any atom is 0.264 e. The zero-order chi connectivity index (χ0) is 36.3. The molecule has 0 radical (unpaired) electrons. The van der Waals surface area contributed by atoms with E-state index in [1.165, 1.54) is 17.0 Å². The minimum absolute atomic E-state index is 0.0196. The first-order valence-electron chi connectivity index (χ1n) is 17.5. The highest BCUT2D eigenvalue weighted by Crippen LogP contribution is 2.29. The van der Waals surface area contributed by atoms with Crippen LogP contribution in [0.5, 0.6) is 17.2 Å². The van der Waals surface area contributed by atoms with Crippen molar-refractivity contribution in [2.45, 2.75) is 55.6 Å². The molecular weight excluding hydrogens is 675 g/mol. The van der Waals surface area contributed by atoms with Gasteiger partial charge in [0.15, 0.2) is 0 Å². The van der Waals surface area contributed by atoms with E-state index in [1.807, 2.05) is 84.9 Å². The topological polar surface area (TPSA) is 105 Å². The Kier molecular flexibility index (Phi) is 11.9. The van der Waals surface area contributed by atoms with Gasteiger partial charge in [-0.3, -0.25) is 13.9 Å². The van der Waals surface area contributed by atoms with Crippen LogP contribution in [0.25, 0.3) is 0 Å². The first-order valence-corrected chi connectivity index (χ1v) is 18.9. The van der Waals surface area contributed by atoms with Crippen LogP contribution in [0, 0.1) is 0 Å². The number of ether oxygens (including phenoxy) is 2. The van der Waals surface area contributed by atoms with Gasteiger partial charge in [0.25, 0.3) is 10.0 Å². The molecule has 1 aliphatic rings. The molecular formula is C42H43N3O6S. The standard InChI is InChI=1S/C42H43N3O6S/c1-50-38-21-13-16-33(28-38)30-44(40(29-32-14-5-2-6-15-32)42(47)43-34-17-11-12-18-34)41(46)31-45(52(48,49)39-22-9-4-10-23-39)35-24-26-37(27-25-35)51-36-19-7-3-8-20-36/h2-10,13-16,19-28,34,40H,11-12,17-18,29-31H2,1H3,(H,43,47). The molecule has 0 saturated heterocycles. The van der Waals surface area contributed by atoms with E-state index in [0.717, 1.165) is 41.1 Å². The molecule has 1 aliphatic carbocycles. The monoisotopic (exact) mass is 717 g/mol. The summed E-state index contributed by atoms with van der Waals surface area (Å²) in [5, 5.41) is 3.21.